The SMILES string of the molecule is Fc1cc2ncc3[nH]cnc3c2cc1-c1ccc(Oc2ncccn2)cc1Cl.N#CCN1CCNCC1. The highest BCUT2D eigenvalue weighted by molar-refractivity contribution is 6.33. The van der Waals surface area contributed by atoms with E-state index in [1.807, 2.05) is 0 Å². The third-order valence-corrected chi connectivity index (χ3v) is 6.14. The lowest BCUT2D eigenvalue weighted by atomic mass is 10.0. The second-order valence-corrected chi connectivity index (χ2v) is 8.64. The van der Waals surface area contributed by atoms with Gasteiger partial charge in [0.2, 0.25) is 0 Å². The Balaban J connectivity index is 0.000000265. The summed E-state index contributed by atoms with van der Waals surface area (Å²) in [6.45, 7) is 4.69. The van der Waals surface area contributed by atoms with Crippen molar-refractivity contribution in [3.63, 3.8) is 0 Å². The Hall–Kier alpha value is -4.17. The highest BCUT2D eigenvalue weighted by Crippen LogP contribution is 2.36. The molecule has 0 bridgehead atoms. The Bertz CT molecular complexity index is 1560. The van der Waals surface area contributed by atoms with E-state index in [1.165, 1.54) is 6.07 Å². The van der Waals surface area contributed by atoms with Crippen molar-refractivity contribution < 1.29 is 9.13 Å². The van der Waals surface area contributed by atoms with Crippen LogP contribution in [-0.4, -0.2) is 62.5 Å². The molecule has 5 aromatic rings. The van der Waals surface area contributed by atoms with E-state index in [-0.39, 0.29) is 6.01 Å². The van der Waals surface area contributed by atoms with Gasteiger partial charge in [-0.05, 0) is 24.3 Å². The Labute approximate surface area is 216 Å². The molecule has 1 fully saturated rings. The summed E-state index contributed by atoms with van der Waals surface area (Å²) in [6, 6.07) is 12.1. The predicted molar refractivity (Wildman–Crippen MR) is 139 cm³/mol. The van der Waals surface area contributed by atoms with Gasteiger partial charge in [0, 0.05) is 67.2 Å². The van der Waals surface area contributed by atoms with Crippen molar-refractivity contribution in [2.45, 2.75) is 0 Å². The maximum atomic E-state index is 14.8. The van der Waals surface area contributed by atoms with Gasteiger partial charge in [-0.1, -0.05) is 11.6 Å². The second-order valence-electron chi connectivity index (χ2n) is 8.23. The molecule has 9 nitrogen and oxygen atoms in total. The number of H-pyrrole nitrogens is 1. The molecule has 0 radical (unpaired) electrons. The topological polar surface area (TPSA) is 116 Å². The van der Waals surface area contributed by atoms with Gasteiger partial charge in [-0.2, -0.15) is 5.26 Å². The van der Waals surface area contributed by atoms with Crippen molar-refractivity contribution in [3.05, 3.63) is 72.2 Å². The first kappa shape index (κ1) is 24.5. The molecule has 37 heavy (non-hydrogen) atoms. The van der Waals surface area contributed by atoms with Gasteiger partial charge < -0.3 is 15.0 Å². The van der Waals surface area contributed by atoms with Gasteiger partial charge in [0.25, 0.3) is 0 Å². The molecule has 11 heteroatoms. The standard InChI is InChI=1S/C20H11ClFN5O.C6H11N3/c21-15-6-11(28-20-23-4-1-5-24-20)2-3-12(15)13-7-14-17(8-16(13)22)25-9-18-19(14)27-10-26-18;7-1-4-9-5-2-8-3-6-9/h1-10H,(H,26,27);8H,2-6H2. The molecule has 6 rings (SSSR count). The molecule has 4 heterocycles. The summed E-state index contributed by atoms with van der Waals surface area (Å²) in [5, 5.41) is 12.6. The monoisotopic (exact) mass is 516 g/mol. The van der Waals surface area contributed by atoms with Crippen molar-refractivity contribution in [3.8, 4) is 29.0 Å². The zero-order chi connectivity index (χ0) is 25.6. The first-order chi connectivity index (χ1) is 18.1. The number of hydrogen-bond acceptors (Lipinski definition) is 8. The van der Waals surface area contributed by atoms with Gasteiger partial charge in [0.1, 0.15) is 11.6 Å². The summed E-state index contributed by atoms with van der Waals surface area (Å²) in [5.41, 5.74) is 2.93. The lowest BCUT2D eigenvalue weighted by Crippen LogP contribution is -2.43. The molecule has 0 saturated carbocycles. The fourth-order valence-corrected chi connectivity index (χ4v) is 4.28. The summed E-state index contributed by atoms with van der Waals surface area (Å²) in [7, 11) is 0. The third-order valence-electron chi connectivity index (χ3n) is 5.83. The minimum absolute atomic E-state index is 0.204. The number of aromatic amines is 1. The molecule has 0 spiro atoms. The first-order valence-electron chi connectivity index (χ1n) is 11.6. The molecular weight excluding hydrogens is 495 g/mol. The Kier molecular flexibility index (Phi) is 7.46. The van der Waals surface area contributed by atoms with Crippen molar-refractivity contribution in [1.29, 1.82) is 5.26 Å². The molecule has 1 saturated heterocycles. The second kappa shape index (κ2) is 11.3. The van der Waals surface area contributed by atoms with Crippen molar-refractivity contribution in [2.24, 2.45) is 0 Å². The van der Waals surface area contributed by atoms with Crippen molar-refractivity contribution >= 4 is 33.5 Å². The van der Waals surface area contributed by atoms with Crippen molar-refractivity contribution in [2.75, 3.05) is 32.7 Å². The Morgan fingerprint density at radius 3 is 2.62 bits per heavy atom. The number of ether oxygens (including phenoxy) is 1. The lowest BCUT2D eigenvalue weighted by molar-refractivity contribution is 0.267. The van der Waals surface area contributed by atoms with E-state index in [0.29, 0.717) is 34.0 Å². The number of halogens is 2. The fraction of sp³-hybridized carbons (Fsp3) is 0.192. The summed E-state index contributed by atoms with van der Waals surface area (Å²) in [5.74, 6) is 0.0364. The Morgan fingerprint density at radius 1 is 1.05 bits per heavy atom. The normalized spacial score (nSPS) is 13.6. The van der Waals surface area contributed by atoms with E-state index in [0.717, 1.165) is 42.6 Å². The molecule has 0 unspecified atom stereocenters. The molecule has 186 valence electrons. The molecule has 2 N–H and O–H groups in total. The summed E-state index contributed by atoms with van der Waals surface area (Å²) < 4.78 is 20.4. The van der Waals surface area contributed by atoms with E-state index < -0.39 is 5.82 Å². The zero-order valence-corrected chi connectivity index (χ0v) is 20.4. The third kappa shape index (κ3) is 5.65. The van der Waals surface area contributed by atoms with E-state index >= 15 is 0 Å². The van der Waals surface area contributed by atoms with E-state index in [2.05, 4.69) is 41.2 Å². The van der Waals surface area contributed by atoms with Crippen LogP contribution in [-0.2, 0) is 0 Å². The van der Waals surface area contributed by atoms with Crippen LogP contribution in [0, 0.1) is 17.1 Å². The maximum Gasteiger partial charge on any atom is 0.321 e. The molecule has 0 aliphatic carbocycles. The quantitative estimate of drug-likeness (QED) is 0.334. The molecule has 1 aliphatic rings. The average molecular weight is 517 g/mol. The number of aromatic nitrogens is 5. The smallest absolute Gasteiger partial charge is 0.321 e. The van der Waals surface area contributed by atoms with Crippen LogP contribution in [0.3, 0.4) is 0 Å². The highest BCUT2D eigenvalue weighted by atomic mass is 35.5. The van der Waals surface area contributed by atoms with Gasteiger partial charge in [-0.25, -0.2) is 19.3 Å². The van der Waals surface area contributed by atoms with Crippen LogP contribution in [0.2, 0.25) is 5.02 Å². The summed E-state index contributed by atoms with van der Waals surface area (Å²) >= 11 is 6.43. The van der Waals surface area contributed by atoms with Gasteiger partial charge >= 0.3 is 6.01 Å². The Morgan fingerprint density at radius 2 is 1.86 bits per heavy atom. The molecule has 0 atom stereocenters. The first-order valence-corrected chi connectivity index (χ1v) is 12.0. The minimum atomic E-state index is -0.420. The number of benzene rings is 2. The van der Waals surface area contributed by atoms with Crippen molar-refractivity contribution in [1.82, 2.24) is 35.1 Å². The van der Waals surface area contributed by atoms with E-state index in [4.69, 9.17) is 21.6 Å². The maximum absolute atomic E-state index is 14.8. The molecule has 2 aromatic carbocycles. The molecule has 3 aromatic heterocycles. The van der Waals surface area contributed by atoms with Crippen LogP contribution in [0.1, 0.15) is 0 Å². The van der Waals surface area contributed by atoms with Crippen LogP contribution < -0.4 is 10.1 Å². The minimum Gasteiger partial charge on any atom is -0.424 e. The molecule has 0 amide bonds. The van der Waals surface area contributed by atoms with Crippen LogP contribution in [0.25, 0.3) is 33.1 Å². The number of piperazine rings is 1. The van der Waals surface area contributed by atoms with E-state index in [1.54, 1.807) is 55.2 Å². The largest absolute Gasteiger partial charge is 0.424 e. The van der Waals surface area contributed by atoms with Gasteiger partial charge in [0.15, 0.2) is 0 Å². The number of imidazole rings is 1. The zero-order valence-electron chi connectivity index (χ0n) is 19.7. The fourth-order valence-electron chi connectivity index (χ4n) is 4.01. The number of pyridine rings is 1. The number of fused-ring (bicyclic) bond motifs is 3. The summed E-state index contributed by atoms with van der Waals surface area (Å²) in [4.78, 5) is 21.8. The predicted octanol–water partition coefficient (Wildman–Crippen LogP) is 4.57. The number of nitrogens with one attached hydrogen (secondary N) is 2. The number of hydrogen-bond donors (Lipinski definition) is 2. The average Bonchev–Trinajstić information content (AvgIpc) is 3.40. The van der Waals surface area contributed by atoms with Crippen LogP contribution in [0.15, 0.2) is 61.3 Å². The molecule has 1 aliphatic heterocycles. The number of rotatable bonds is 4. The van der Waals surface area contributed by atoms with Crippen LogP contribution in [0.5, 0.6) is 11.8 Å². The number of nitriles is 1. The lowest BCUT2D eigenvalue weighted by Gasteiger charge is -2.24. The van der Waals surface area contributed by atoms with Gasteiger partial charge in [-0.15, -0.1) is 0 Å². The van der Waals surface area contributed by atoms with E-state index in [9.17, 15) is 4.39 Å². The number of nitrogens with zero attached hydrogens (tertiary/aromatic N) is 6. The van der Waals surface area contributed by atoms with Crippen LogP contribution in [0.4, 0.5) is 4.39 Å². The van der Waals surface area contributed by atoms with Gasteiger partial charge in [-0.3, -0.25) is 9.88 Å². The van der Waals surface area contributed by atoms with Crippen LogP contribution >= 0.6 is 11.6 Å². The van der Waals surface area contributed by atoms with Gasteiger partial charge in [0.05, 0.1) is 46.7 Å². The highest BCUT2D eigenvalue weighted by Gasteiger charge is 2.15. The molecular formula is C26H22ClFN8O. The summed E-state index contributed by atoms with van der Waals surface area (Å²) in [6.07, 6.45) is 6.37.